The Morgan fingerprint density at radius 3 is 2.33 bits per heavy atom. The maximum atomic E-state index is 12.0. The molecule has 1 atom stereocenters. The van der Waals surface area contributed by atoms with Crippen molar-refractivity contribution in [1.82, 2.24) is 0 Å². The van der Waals surface area contributed by atoms with E-state index in [2.05, 4.69) is 10.1 Å². The second-order valence-electron chi connectivity index (χ2n) is 4.74. The van der Waals surface area contributed by atoms with Crippen LogP contribution in [0.4, 0.5) is 18.9 Å². The quantitative estimate of drug-likeness (QED) is 0.868. The molecule has 1 aromatic heterocycles. The van der Waals surface area contributed by atoms with Crippen molar-refractivity contribution < 1.29 is 22.3 Å². The number of nitrogens with one attached hydrogen (secondary N) is 1. The highest BCUT2D eigenvalue weighted by Crippen LogP contribution is 2.24. The number of hydrogen-bond donors (Lipinski definition) is 1. The lowest BCUT2D eigenvalue weighted by Crippen LogP contribution is -2.19. The van der Waals surface area contributed by atoms with E-state index in [0.717, 1.165) is 17.2 Å². The standard InChI is InChI=1S/C15H16F3NO2/c1-10-3-8-14(21-10)11(2)19-12-4-6-13(7-5-12)20-9-15(16,17)18/h3-8,11,19H,9H2,1-2H3. The van der Waals surface area contributed by atoms with Gasteiger partial charge < -0.3 is 14.5 Å². The summed E-state index contributed by atoms with van der Waals surface area (Å²) in [5, 5.41) is 3.20. The number of ether oxygens (including phenoxy) is 1. The van der Waals surface area contributed by atoms with E-state index in [-0.39, 0.29) is 11.8 Å². The van der Waals surface area contributed by atoms with Crippen LogP contribution in [-0.4, -0.2) is 12.8 Å². The molecule has 0 aliphatic heterocycles. The molecule has 0 saturated carbocycles. The molecule has 0 aliphatic carbocycles. The van der Waals surface area contributed by atoms with Gasteiger partial charge in [-0.2, -0.15) is 13.2 Å². The van der Waals surface area contributed by atoms with E-state index in [1.807, 2.05) is 26.0 Å². The summed E-state index contributed by atoms with van der Waals surface area (Å²) in [6, 6.07) is 10.0. The van der Waals surface area contributed by atoms with E-state index in [9.17, 15) is 13.2 Å². The average Bonchev–Trinajstić information content (AvgIpc) is 2.84. The molecule has 0 saturated heterocycles. The lowest BCUT2D eigenvalue weighted by Gasteiger charge is -2.14. The first-order valence-electron chi connectivity index (χ1n) is 6.46. The first kappa shape index (κ1) is 15.3. The Bertz CT molecular complexity index is 575. The predicted octanol–water partition coefficient (Wildman–Crippen LogP) is 4.70. The predicted molar refractivity (Wildman–Crippen MR) is 73.5 cm³/mol. The van der Waals surface area contributed by atoms with Gasteiger partial charge in [0, 0.05) is 5.69 Å². The van der Waals surface area contributed by atoms with Gasteiger partial charge in [-0.3, -0.25) is 0 Å². The third kappa shape index (κ3) is 4.73. The van der Waals surface area contributed by atoms with Crippen molar-refractivity contribution in [2.45, 2.75) is 26.1 Å². The zero-order chi connectivity index (χ0) is 15.5. The second kappa shape index (κ2) is 6.11. The zero-order valence-electron chi connectivity index (χ0n) is 11.7. The molecule has 0 radical (unpaired) electrons. The Morgan fingerprint density at radius 1 is 1.14 bits per heavy atom. The molecule has 2 aromatic rings. The fourth-order valence-corrected chi connectivity index (χ4v) is 1.82. The molecule has 1 aromatic carbocycles. The minimum Gasteiger partial charge on any atom is -0.484 e. The SMILES string of the molecule is Cc1ccc(C(C)Nc2ccc(OCC(F)(F)F)cc2)o1. The van der Waals surface area contributed by atoms with Crippen LogP contribution in [0.1, 0.15) is 24.5 Å². The average molecular weight is 299 g/mol. The van der Waals surface area contributed by atoms with Gasteiger partial charge >= 0.3 is 6.18 Å². The molecular weight excluding hydrogens is 283 g/mol. The minimum absolute atomic E-state index is 0.0411. The molecule has 114 valence electrons. The molecule has 0 aliphatic rings. The summed E-state index contributed by atoms with van der Waals surface area (Å²) in [5.41, 5.74) is 0.774. The third-order valence-electron chi connectivity index (χ3n) is 2.83. The van der Waals surface area contributed by atoms with Crippen LogP contribution in [0, 0.1) is 6.92 Å². The van der Waals surface area contributed by atoms with Gasteiger partial charge in [0.05, 0.1) is 6.04 Å². The maximum absolute atomic E-state index is 12.0. The fraction of sp³-hybridized carbons (Fsp3) is 0.333. The molecule has 3 nitrogen and oxygen atoms in total. The highest BCUT2D eigenvalue weighted by Gasteiger charge is 2.28. The highest BCUT2D eigenvalue weighted by molar-refractivity contribution is 5.47. The molecule has 2 rings (SSSR count). The number of halogens is 3. The molecule has 0 fully saturated rings. The van der Waals surface area contributed by atoms with E-state index in [0.29, 0.717) is 0 Å². The molecule has 0 spiro atoms. The maximum Gasteiger partial charge on any atom is 0.422 e. The van der Waals surface area contributed by atoms with Gasteiger partial charge in [-0.05, 0) is 50.2 Å². The van der Waals surface area contributed by atoms with Crippen LogP contribution in [0.3, 0.4) is 0 Å². The van der Waals surface area contributed by atoms with Crippen molar-refractivity contribution >= 4 is 5.69 Å². The van der Waals surface area contributed by atoms with Crippen molar-refractivity contribution in [2.24, 2.45) is 0 Å². The van der Waals surface area contributed by atoms with Gasteiger partial charge in [0.15, 0.2) is 6.61 Å². The van der Waals surface area contributed by atoms with Gasteiger partial charge in [0.1, 0.15) is 17.3 Å². The first-order chi connectivity index (χ1) is 9.83. The Kier molecular flexibility index (Phi) is 4.45. The summed E-state index contributed by atoms with van der Waals surface area (Å²) in [5.74, 6) is 1.80. The van der Waals surface area contributed by atoms with Crippen LogP contribution < -0.4 is 10.1 Å². The lowest BCUT2D eigenvalue weighted by molar-refractivity contribution is -0.153. The van der Waals surface area contributed by atoms with Crippen LogP contribution in [0.5, 0.6) is 5.75 Å². The summed E-state index contributed by atoms with van der Waals surface area (Å²) in [7, 11) is 0. The second-order valence-corrected chi connectivity index (χ2v) is 4.74. The lowest BCUT2D eigenvalue weighted by atomic mass is 10.2. The summed E-state index contributed by atoms with van der Waals surface area (Å²) < 4.78 is 46.3. The van der Waals surface area contributed by atoms with Gasteiger partial charge in [-0.1, -0.05) is 0 Å². The highest BCUT2D eigenvalue weighted by atomic mass is 19.4. The fourth-order valence-electron chi connectivity index (χ4n) is 1.82. The van der Waals surface area contributed by atoms with Gasteiger partial charge in [0.25, 0.3) is 0 Å². The monoisotopic (exact) mass is 299 g/mol. The summed E-state index contributed by atoms with van der Waals surface area (Å²) in [6.07, 6.45) is -4.33. The van der Waals surface area contributed by atoms with Crippen molar-refractivity contribution in [1.29, 1.82) is 0 Å². The third-order valence-corrected chi connectivity index (χ3v) is 2.83. The van der Waals surface area contributed by atoms with Gasteiger partial charge in [-0.25, -0.2) is 0 Å². The molecule has 1 heterocycles. The largest absolute Gasteiger partial charge is 0.484 e. The molecule has 0 bridgehead atoms. The molecule has 1 unspecified atom stereocenters. The van der Waals surface area contributed by atoms with Crippen LogP contribution in [-0.2, 0) is 0 Å². The van der Waals surface area contributed by atoms with Crippen molar-refractivity contribution in [3.8, 4) is 5.75 Å². The number of benzene rings is 1. The number of hydrogen-bond acceptors (Lipinski definition) is 3. The normalized spacial score (nSPS) is 13.0. The molecular formula is C15H16F3NO2. The van der Waals surface area contributed by atoms with Crippen LogP contribution in [0.25, 0.3) is 0 Å². The van der Waals surface area contributed by atoms with Crippen LogP contribution in [0.2, 0.25) is 0 Å². The Hall–Kier alpha value is -2.11. The van der Waals surface area contributed by atoms with Crippen molar-refractivity contribution in [2.75, 3.05) is 11.9 Å². The Morgan fingerprint density at radius 2 is 1.81 bits per heavy atom. The van der Waals surface area contributed by atoms with Crippen molar-refractivity contribution in [3.63, 3.8) is 0 Å². The van der Waals surface area contributed by atoms with E-state index in [1.54, 1.807) is 12.1 Å². The summed E-state index contributed by atoms with van der Waals surface area (Å²) in [6.45, 7) is 2.51. The number of anilines is 1. The summed E-state index contributed by atoms with van der Waals surface area (Å²) >= 11 is 0. The van der Waals surface area contributed by atoms with E-state index in [1.165, 1.54) is 12.1 Å². The minimum atomic E-state index is -4.33. The Balaban J connectivity index is 1.93. The molecule has 1 N–H and O–H groups in total. The topological polar surface area (TPSA) is 34.4 Å². The Labute approximate surface area is 120 Å². The van der Waals surface area contributed by atoms with Crippen LogP contribution in [0.15, 0.2) is 40.8 Å². The first-order valence-corrected chi connectivity index (χ1v) is 6.46. The van der Waals surface area contributed by atoms with E-state index >= 15 is 0 Å². The number of alkyl halides is 3. The smallest absolute Gasteiger partial charge is 0.422 e. The molecule has 21 heavy (non-hydrogen) atoms. The summed E-state index contributed by atoms with van der Waals surface area (Å²) in [4.78, 5) is 0. The van der Waals surface area contributed by atoms with E-state index in [4.69, 9.17) is 4.42 Å². The molecule has 0 amide bonds. The van der Waals surface area contributed by atoms with Gasteiger partial charge in [-0.15, -0.1) is 0 Å². The zero-order valence-corrected chi connectivity index (χ0v) is 11.7. The molecule has 6 heteroatoms. The number of aryl methyl sites for hydroxylation is 1. The van der Waals surface area contributed by atoms with Crippen molar-refractivity contribution in [3.05, 3.63) is 47.9 Å². The number of rotatable bonds is 5. The number of furan rings is 1. The van der Waals surface area contributed by atoms with Crippen LogP contribution >= 0.6 is 0 Å². The van der Waals surface area contributed by atoms with E-state index < -0.39 is 12.8 Å². The van der Waals surface area contributed by atoms with Gasteiger partial charge in [0.2, 0.25) is 0 Å².